The number of hydrogen-bond acceptors (Lipinski definition) is 4. The first-order chi connectivity index (χ1) is 10.7. The van der Waals surface area contributed by atoms with Gasteiger partial charge in [-0.15, -0.1) is 0 Å². The van der Waals surface area contributed by atoms with Crippen molar-refractivity contribution in [2.75, 3.05) is 6.54 Å². The molecule has 0 bridgehead atoms. The summed E-state index contributed by atoms with van der Waals surface area (Å²) in [7, 11) is 0. The van der Waals surface area contributed by atoms with Crippen LogP contribution >= 0.6 is 0 Å². The summed E-state index contributed by atoms with van der Waals surface area (Å²) in [6.45, 7) is 10.1. The summed E-state index contributed by atoms with van der Waals surface area (Å²) in [5, 5.41) is 0. The van der Waals surface area contributed by atoms with Gasteiger partial charge in [0.2, 0.25) is 0 Å². The molecule has 1 amide bonds. The number of ketones is 1. The lowest BCUT2D eigenvalue weighted by atomic mass is 9.89. The Morgan fingerprint density at radius 2 is 2.04 bits per heavy atom. The second kappa shape index (κ2) is 6.77. The van der Waals surface area contributed by atoms with E-state index in [1.807, 2.05) is 27.7 Å². The predicted octanol–water partition coefficient (Wildman–Crippen LogP) is 4.20. The van der Waals surface area contributed by atoms with E-state index in [2.05, 4.69) is 6.92 Å². The van der Waals surface area contributed by atoms with Crippen LogP contribution in [0.4, 0.5) is 4.79 Å². The summed E-state index contributed by atoms with van der Waals surface area (Å²) in [4.78, 5) is 26.5. The predicted molar refractivity (Wildman–Crippen MR) is 87.5 cm³/mol. The lowest BCUT2D eigenvalue weighted by Gasteiger charge is -2.38. The minimum atomic E-state index is -0.535. The van der Waals surface area contributed by atoms with Crippen LogP contribution < -0.4 is 0 Å². The molecular weight excluding hydrogens is 294 g/mol. The highest BCUT2D eigenvalue weighted by Crippen LogP contribution is 2.27. The molecule has 0 saturated carbocycles. The largest absolute Gasteiger partial charge is 0.458 e. The molecule has 0 N–H and O–H groups in total. The summed E-state index contributed by atoms with van der Waals surface area (Å²) in [5.41, 5.74) is -0.535. The average Bonchev–Trinajstić information content (AvgIpc) is 2.83. The Balaban J connectivity index is 2.08. The molecule has 0 radical (unpaired) electrons. The highest BCUT2D eigenvalue weighted by Gasteiger charge is 2.34. The van der Waals surface area contributed by atoms with Gasteiger partial charge in [0.05, 0.1) is 0 Å². The van der Waals surface area contributed by atoms with Gasteiger partial charge in [-0.2, -0.15) is 0 Å². The number of rotatable bonds is 3. The molecule has 23 heavy (non-hydrogen) atoms. The monoisotopic (exact) mass is 321 g/mol. The quantitative estimate of drug-likeness (QED) is 0.783. The Morgan fingerprint density at radius 1 is 1.35 bits per heavy atom. The summed E-state index contributed by atoms with van der Waals surface area (Å²) < 4.78 is 10.9. The van der Waals surface area contributed by atoms with Gasteiger partial charge in [0.1, 0.15) is 11.4 Å². The molecule has 1 aliphatic rings. The third kappa shape index (κ3) is 4.85. The fraction of sp³-hybridized carbons (Fsp3) is 0.667. The van der Waals surface area contributed by atoms with Crippen LogP contribution in [0.25, 0.3) is 0 Å². The Hall–Kier alpha value is -1.78. The highest BCUT2D eigenvalue weighted by atomic mass is 16.6. The molecule has 1 fully saturated rings. The van der Waals surface area contributed by atoms with Crippen molar-refractivity contribution in [2.24, 2.45) is 5.92 Å². The zero-order valence-electron chi connectivity index (χ0n) is 14.7. The first-order valence-electron chi connectivity index (χ1n) is 8.25. The van der Waals surface area contributed by atoms with Crippen molar-refractivity contribution >= 4 is 11.9 Å². The third-order valence-electron chi connectivity index (χ3n) is 4.04. The Morgan fingerprint density at radius 3 is 2.61 bits per heavy atom. The SMILES string of the molecule is Cc1ccc(C(=O)CC2CC(C)CCN2C(=O)OC(C)(C)C)o1. The number of aryl methyl sites for hydroxylation is 1. The number of carbonyl (C=O) groups excluding carboxylic acids is 2. The first-order valence-corrected chi connectivity index (χ1v) is 8.25. The van der Waals surface area contributed by atoms with Gasteiger partial charge in [0, 0.05) is 19.0 Å². The maximum Gasteiger partial charge on any atom is 0.410 e. The molecule has 0 aliphatic carbocycles. The van der Waals surface area contributed by atoms with E-state index in [1.165, 1.54) is 0 Å². The molecular formula is C18H27NO4. The lowest BCUT2D eigenvalue weighted by molar-refractivity contribution is 0.00501. The highest BCUT2D eigenvalue weighted by molar-refractivity contribution is 5.94. The van der Waals surface area contributed by atoms with Crippen molar-refractivity contribution in [1.82, 2.24) is 4.90 Å². The molecule has 1 aliphatic heterocycles. The van der Waals surface area contributed by atoms with Crippen molar-refractivity contribution in [3.8, 4) is 0 Å². The van der Waals surface area contributed by atoms with Gasteiger partial charge in [0.15, 0.2) is 11.5 Å². The van der Waals surface area contributed by atoms with Crippen molar-refractivity contribution < 1.29 is 18.7 Å². The number of nitrogens with zero attached hydrogens (tertiary/aromatic N) is 1. The fourth-order valence-corrected chi connectivity index (χ4v) is 2.91. The maximum atomic E-state index is 12.4. The number of hydrogen-bond donors (Lipinski definition) is 0. The molecule has 2 heterocycles. The topological polar surface area (TPSA) is 59.8 Å². The number of Topliss-reactive ketones (excluding diaryl/α,β-unsaturated/α-hetero) is 1. The number of carbonyl (C=O) groups is 2. The van der Waals surface area contributed by atoms with E-state index in [0.29, 0.717) is 18.2 Å². The summed E-state index contributed by atoms with van der Waals surface area (Å²) in [6, 6.07) is 3.34. The van der Waals surface area contributed by atoms with Gasteiger partial charge < -0.3 is 14.1 Å². The van der Waals surface area contributed by atoms with Crippen LogP contribution in [0.2, 0.25) is 0 Å². The van der Waals surface area contributed by atoms with Crippen LogP contribution in [0.5, 0.6) is 0 Å². The third-order valence-corrected chi connectivity index (χ3v) is 4.04. The minimum absolute atomic E-state index is 0.0641. The summed E-state index contributed by atoms with van der Waals surface area (Å²) in [5.74, 6) is 1.51. The van der Waals surface area contributed by atoms with Crippen LogP contribution in [0.15, 0.2) is 16.5 Å². The van der Waals surface area contributed by atoms with Gasteiger partial charge in [-0.25, -0.2) is 4.79 Å². The van der Waals surface area contributed by atoms with Crippen molar-refractivity contribution in [2.45, 2.75) is 65.5 Å². The normalized spacial score (nSPS) is 22.0. The molecule has 5 nitrogen and oxygen atoms in total. The van der Waals surface area contributed by atoms with E-state index in [4.69, 9.17) is 9.15 Å². The molecule has 1 aromatic rings. The van der Waals surface area contributed by atoms with Crippen LogP contribution in [0, 0.1) is 12.8 Å². The minimum Gasteiger partial charge on any atom is -0.458 e. The van der Waals surface area contributed by atoms with Gasteiger partial charge >= 0.3 is 6.09 Å². The van der Waals surface area contributed by atoms with Gasteiger partial charge in [-0.3, -0.25) is 4.79 Å². The van der Waals surface area contributed by atoms with Gasteiger partial charge in [-0.05, 0) is 58.6 Å². The fourth-order valence-electron chi connectivity index (χ4n) is 2.91. The lowest BCUT2D eigenvalue weighted by Crippen LogP contribution is -2.48. The first kappa shape index (κ1) is 17.6. The smallest absolute Gasteiger partial charge is 0.410 e. The molecule has 0 aromatic carbocycles. The Labute approximate surface area is 138 Å². The number of amides is 1. The molecule has 2 unspecified atom stereocenters. The number of piperidine rings is 1. The number of ether oxygens (including phenoxy) is 1. The number of furan rings is 1. The van der Waals surface area contributed by atoms with Crippen molar-refractivity contribution in [1.29, 1.82) is 0 Å². The van der Waals surface area contributed by atoms with Crippen LogP contribution in [-0.4, -0.2) is 35.0 Å². The summed E-state index contributed by atoms with van der Waals surface area (Å²) >= 11 is 0. The molecule has 1 aromatic heterocycles. The summed E-state index contributed by atoms with van der Waals surface area (Å²) in [6.07, 6.45) is 1.68. The second-order valence-corrected chi connectivity index (χ2v) is 7.49. The Bertz CT molecular complexity index is 570. The zero-order valence-corrected chi connectivity index (χ0v) is 14.7. The van der Waals surface area contributed by atoms with Crippen molar-refractivity contribution in [3.63, 3.8) is 0 Å². The van der Waals surface area contributed by atoms with E-state index in [-0.39, 0.29) is 24.3 Å². The van der Waals surface area contributed by atoms with Crippen LogP contribution in [-0.2, 0) is 4.74 Å². The van der Waals surface area contributed by atoms with E-state index in [0.717, 1.165) is 18.6 Å². The van der Waals surface area contributed by atoms with E-state index >= 15 is 0 Å². The van der Waals surface area contributed by atoms with Gasteiger partial charge in [0.25, 0.3) is 0 Å². The molecule has 5 heteroatoms. The maximum absolute atomic E-state index is 12.4. The van der Waals surface area contributed by atoms with E-state index < -0.39 is 5.60 Å². The number of likely N-dealkylation sites (tertiary alicyclic amines) is 1. The standard InChI is InChI=1S/C18H27NO4/c1-12-8-9-19(17(21)23-18(3,4)5)14(10-12)11-15(20)16-7-6-13(2)22-16/h6-7,12,14H,8-11H2,1-5H3. The van der Waals surface area contributed by atoms with Crippen molar-refractivity contribution in [3.05, 3.63) is 23.7 Å². The van der Waals surface area contributed by atoms with E-state index in [1.54, 1.807) is 17.0 Å². The molecule has 2 atom stereocenters. The molecule has 0 spiro atoms. The zero-order chi connectivity index (χ0) is 17.2. The van der Waals surface area contributed by atoms with E-state index in [9.17, 15) is 9.59 Å². The molecule has 1 saturated heterocycles. The average molecular weight is 321 g/mol. The second-order valence-electron chi connectivity index (χ2n) is 7.49. The van der Waals surface area contributed by atoms with Crippen LogP contribution in [0.3, 0.4) is 0 Å². The molecule has 128 valence electrons. The Kier molecular flexibility index (Phi) is 5.17. The van der Waals surface area contributed by atoms with Gasteiger partial charge in [-0.1, -0.05) is 6.92 Å². The van der Waals surface area contributed by atoms with Crippen LogP contribution in [0.1, 0.15) is 63.3 Å². The molecule has 2 rings (SSSR count).